The van der Waals surface area contributed by atoms with Crippen molar-refractivity contribution in [3.63, 3.8) is 0 Å². The van der Waals surface area contributed by atoms with Crippen LogP contribution in [-0.4, -0.2) is 28.7 Å². The van der Waals surface area contributed by atoms with E-state index in [1.807, 2.05) is 18.2 Å². The fourth-order valence-corrected chi connectivity index (χ4v) is 3.87. The molecule has 0 spiro atoms. The number of amides is 1. The van der Waals surface area contributed by atoms with Crippen LogP contribution in [0.1, 0.15) is 25.3 Å². The van der Waals surface area contributed by atoms with Gasteiger partial charge in [0.1, 0.15) is 0 Å². The molecule has 6 nitrogen and oxygen atoms in total. The number of rotatable bonds is 7. The molecule has 0 saturated carbocycles. The molecule has 0 fully saturated rings. The molecule has 1 aromatic carbocycles. The van der Waals surface area contributed by atoms with Crippen molar-refractivity contribution in [1.82, 2.24) is 10.2 Å². The number of fused-ring (bicyclic) bond motifs is 1. The molecule has 2 heterocycles. The molecular weight excluding hydrogens is 346 g/mol. The summed E-state index contributed by atoms with van der Waals surface area (Å²) in [6, 6.07) is 5.52. The van der Waals surface area contributed by atoms with Crippen LogP contribution in [0.5, 0.6) is 11.5 Å². The Hall–Kier alpha value is -2.06. The van der Waals surface area contributed by atoms with Gasteiger partial charge in [-0.05, 0) is 30.2 Å². The average molecular weight is 363 g/mol. The number of anilines is 1. The Morgan fingerprint density at radius 3 is 3.12 bits per heavy atom. The number of hydrogen-bond acceptors (Lipinski definition) is 7. The summed E-state index contributed by atoms with van der Waals surface area (Å²) in [5.74, 6) is 2.19. The number of nitrogens with zero attached hydrogens (tertiary/aromatic N) is 2. The lowest BCUT2D eigenvalue weighted by Gasteiger charge is -1.98. The molecule has 1 aliphatic heterocycles. The molecular formula is C16H17N3O3S2. The van der Waals surface area contributed by atoms with Crippen LogP contribution in [-0.2, 0) is 4.79 Å². The van der Waals surface area contributed by atoms with Gasteiger partial charge < -0.3 is 9.47 Å². The lowest BCUT2D eigenvalue weighted by molar-refractivity contribution is -0.111. The van der Waals surface area contributed by atoms with Gasteiger partial charge >= 0.3 is 0 Å². The van der Waals surface area contributed by atoms with E-state index in [2.05, 4.69) is 22.4 Å². The van der Waals surface area contributed by atoms with E-state index >= 15 is 0 Å². The molecule has 1 aromatic heterocycles. The largest absolute Gasteiger partial charge is 0.454 e. The van der Waals surface area contributed by atoms with Gasteiger partial charge in [-0.3, -0.25) is 10.1 Å². The molecule has 0 radical (unpaired) electrons. The van der Waals surface area contributed by atoms with E-state index in [1.54, 1.807) is 17.8 Å². The monoisotopic (exact) mass is 363 g/mol. The van der Waals surface area contributed by atoms with Gasteiger partial charge in [0.2, 0.25) is 17.8 Å². The van der Waals surface area contributed by atoms with Crippen LogP contribution in [0.4, 0.5) is 5.13 Å². The van der Waals surface area contributed by atoms with Crippen molar-refractivity contribution in [1.29, 1.82) is 0 Å². The Labute approximate surface area is 148 Å². The number of unbranched alkanes of at least 4 members (excludes halogenated alkanes) is 1. The number of nitrogens with one attached hydrogen (secondary N) is 1. The standard InChI is InChI=1S/C16H17N3O3S2/c1-2-3-8-23-16-19-18-15(24-16)17-14(20)7-5-11-4-6-12-13(9-11)22-10-21-12/h4-7,9H,2-3,8,10H2,1H3,(H,17,18,20)/b7-5-. The van der Waals surface area contributed by atoms with Crippen LogP contribution in [0, 0.1) is 0 Å². The highest BCUT2D eigenvalue weighted by Gasteiger charge is 2.12. The summed E-state index contributed by atoms with van der Waals surface area (Å²) in [5, 5.41) is 11.3. The third kappa shape index (κ3) is 4.48. The number of carbonyl (C=O) groups is 1. The summed E-state index contributed by atoms with van der Waals surface area (Å²) in [5.41, 5.74) is 0.863. The van der Waals surface area contributed by atoms with Crippen LogP contribution < -0.4 is 14.8 Å². The molecule has 126 valence electrons. The molecule has 24 heavy (non-hydrogen) atoms. The summed E-state index contributed by atoms with van der Waals surface area (Å²) < 4.78 is 11.4. The SMILES string of the molecule is CCCCSc1nnc(NC(=O)/C=C\c2ccc3c(c2)OCO3)s1. The zero-order chi connectivity index (χ0) is 16.8. The minimum atomic E-state index is -0.242. The highest BCUT2D eigenvalue weighted by Crippen LogP contribution is 2.32. The van der Waals surface area contributed by atoms with Crippen LogP contribution in [0.2, 0.25) is 0 Å². The molecule has 0 aliphatic carbocycles. The van der Waals surface area contributed by atoms with Crippen molar-refractivity contribution in [3.8, 4) is 11.5 Å². The van der Waals surface area contributed by atoms with Crippen molar-refractivity contribution >= 4 is 40.2 Å². The lowest BCUT2D eigenvalue weighted by Crippen LogP contribution is -2.07. The minimum absolute atomic E-state index is 0.235. The number of benzene rings is 1. The smallest absolute Gasteiger partial charge is 0.250 e. The van der Waals surface area contributed by atoms with Crippen molar-refractivity contribution < 1.29 is 14.3 Å². The number of aromatic nitrogens is 2. The molecule has 1 amide bonds. The number of thioether (sulfide) groups is 1. The van der Waals surface area contributed by atoms with E-state index in [1.165, 1.54) is 17.4 Å². The molecule has 0 unspecified atom stereocenters. The molecule has 8 heteroatoms. The first-order valence-electron chi connectivity index (χ1n) is 7.59. The van der Waals surface area contributed by atoms with E-state index in [4.69, 9.17) is 9.47 Å². The van der Waals surface area contributed by atoms with E-state index in [0.29, 0.717) is 10.9 Å². The van der Waals surface area contributed by atoms with Gasteiger partial charge in [-0.25, -0.2) is 0 Å². The fraction of sp³-hybridized carbons (Fsp3) is 0.312. The van der Waals surface area contributed by atoms with Crippen molar-refractivity contribution in [2.75, 3.05) is 17.9 Å². The van der Waals surface area contributed by atoms with E-state index < -0.39 is 0 Å². The van der Waals surface area contributed by atoms with Gasteiger partial charge in [0, 0.05) is 11.8 Å². The van der Waals surface area contributed by atoms with Gasteiger partial charge in [-0.15, -0.1) is 10.2 Å². The molecule has 1 N–H and O–H groups in total. The Bertz CT molecular complexity index is 746. The topological polar surface area (TPSA) is 73.3 Å². The first-order valence-corrected chi connectivity index (χ1v) is 9.40. The maximum atomic E-state index is 12.0. The lowest BCUT2D eigenvalue weighted by atomic mass is 10.2. The van der Waals surface area contributed by atoms with E-state index in [-0.39, 0.29) is 12.7 Å². The third-order valence-corrected chi connectivity index (χ3v) is 5.24. The summed E-state index contributed by atoms with van der Waals surface area (Å²) >= 11 is 3.05. The highest BCUT2D eigenvalue weighted by molar-refractivity contribution is 8.01. The third-order valence-electron chi connectivity index (χ3n) is 3.18. The second-order valence-corrected chi connectivity index (χ2v) is 7.33. The van der Waals surface area contributed by atoms with E-state index in [0.717, 1.165) is 34.2 Å². The fourth-order valence-electron chi connectivity index (χ4n) is 1.96. The van der Waals surface area contributed by atoms with Gasteiger partial charge in [-0.2, -0.15) is 0 Å². The summed E-state index contributed by atoms with van der Waals surface area (Å²) in [6.07, 6.45) is 5.47. The van der Waals surface area contributed by atoms with Gasteiger partial charge in [0.05, 0.1) is 0 Å². The first kappa shape index (κ1) is 16.8. The van der Waals surface area contributed by atoms with Crippen LogP contribution in [0.3, 0.4) is 0 Å². The van der Waals surface area contributed by atoms with Crippen LogP contribution in [0.25, 0.3) is 6.08 Å². The summed E-state index contributed by atoms with van der Waals surface area (Å²) in [7, 11) is 0. The van der Waals surface area contributed by atoms with Gasteiger partial charge in [-0.1, -0.05) is 42.5 Å². The summed E-state index contributed by atoms with van der Waals surface area (Å²) in [4.78, 5) is 12.0. The maximum absolute atomic E-state index is 12.0. The van der Waals surface area contributed by atoms with Crippen molar-refractivity contribution in [2.24, 2.45) is 0 Å². The zero-order valence-electron chi connectivity index (χ0n) is 13.2. The van der Waals surface area contributed by atoms with Crippen LogP contribution in [0.15, 0.2) is 28.6 Å². The Balaban J connectivity index is 1.53. The second-order valence-electron chi connectivity index (χ2n) is 5.01. The Morgan fingerprint density at radius 2 is 2.25 bits per heavy atom. The minimum Gasteiger partial charge on any atom is -0.454 e. The Kier molecular flexibility index (Phi) is 5.71. The molecule has 1 aliphatic rings. The highest BCUT2D eigenvalue weighted by atomic mass is 32.2. The molecule has 0 saturated heterocycles. The second kappa shape index (κ2) is 8.16. The summed E-state index contributed by atoms with van der Waals surface area (Å²) in [6.45, 7) is 2.39. The zero-order valence-corrected chi connectivity index (χ0v) is 14.8. The van der Waals surface area contributed by atoms with Crippen molar-refractivity contribution in [3.05, 3.63) is 29.8 Å². The predicted octanol–water partition coefficient (Wildman–Crippen LogP) is 3.81. The van der Waals surface area contributed by atoms with Gasteiger partial charge in [0.15, 0.2) is 15.8 Å². The number of ether oxygens (including phenoxy) is 2. The Morgan fingerprint density at radius 1 is 1.38 bits per heavy atom. The average Bonchev–Trinajstić information content (AvgIpc) is 3.22. The quantitative estimate of drug-likeness (QED) is 0.349. The molecule has 3 rings (SSSR count). The molecule has 0 bridgehead atoms. The number of carbonyl (C=O) groups excluding carboxylic acids is 1. The van der Waals surface area contributed by atoms with Gasteiger partial charge in [0.25, 0.3) is 0 Å². The van der Waals surface area contributed by atoms with Crippen molar-refractivity contribution in [2.45, 2.75) is 24.1 Å². The number of hydrogen-bond donors (Lipinski definition) is 1. The predicted molar refractivity (Wildman–Crippen MR) is 95.8 cm³/mol. The van der Waals surface area contributed by atoms with E-state index in [9.17, 15) is 4.79 Å². The first-order chi connectivity index (χ1) is 11.7. The molecule has 0 atom stereocenters. The maximum Gasteiger partial charge on any atom is 0.250 e. The normalized spacial score (nSPS) is 12.7. The van der Waals surface area contributed by atoms with Crippen LogP contribution >= 0.6 is 23.1 Å². The molecule has 2 aromatic rings.